The molecule has 0 bridgehead atoms. The van der Waals surface area contributed by atoms with Crippen molar-refractivity contribution in [3.8, 4) is 0 Å². The number of piperidine rings is 1. The first-order chi connectivity index (χ1) is 15.5. The van der Waals surface area contributed by atoms with Gasteiger partial charge in [0.1, 0.15) is 5.82 Å². The van der Waals surface area contributed by atoms with E-state index in [1.54, 1.807) is 0 Å². The van der Waals surface area contributed by atoms with Gasteiger partial charge in [0.15, 0.2) is 0 Å². The Bertz CT molecular complexity index is 1080. The van der Waals surface area contributed by atoms with Crippen LogP contribution in [0.25, 0.3) is 0 Å². The lowest BCUT2D eigenvalue weighted by Crippen LogP contribution is -2.43. The quantitative estimate of drug-likeness (QED) is 0.802. The number of aromatic amines is 1. The minimum atomic E-state index is -0.257. The van der Waals surface area contributed by atoms with Crippen LogP contribution in [0.4, 0.5) is 0 Å². The van der Waals surface area contributed by atoms with Gasteiger partial charge in [-0.2, -0.15) is 0 Å². The Morgan fingerprint density at radius 2 is 1.88 bits per heavy atom. The molecule has 2 fully saturated rings. The zero-order valence-electron chi connectivity index (χ0n) is 18.5. The van der Waals surface area contributed by atoms with Gasteiger partial charge in [0.05, 0.1) is 24.2 Å². The Hall–Kier alpha value is -2.96. The summed E-state index contributed by atoms with van der Waals surface area (Å²) in [6.45, 7) is 3.57. The van der Waals surface area contributed by atoms with Gasteiger partial charge in [-0.25, -0.2) is 4.98 Å². The Kier molecular flexibility index (Phi) is 5.57. The summed E-state index contributed by atoms with van der Waals surface area (Å²) >= 11 is 0. The van der Waals surface area contributed by atoms with Crippen molar-refractivity contribution in [1.29, 1.82) is 0 Å². The van der Waals surface area contributed by atoms with E-state index in [9.17, 15) is 14.4 Å². The standard InChI is InChI=1S/C25H30N4O3/c1-16(17-7-3-2-4-8-17)24(31)29-13-6-5-9-21(29)22-26-20-15-28(25(32)18-10-11-18)14-12-19(20)23(30)27-22/h2-4,7-8,16,18,21H,5-6,9-15H2,1H3,(H,26,27,30)/t16-,21+/m1/s1. The molecule has 32 heavy (non-hydrogen) atoms. The largest absolute Gasteiger partial charge is 0.336 e. The molecule has 1 saturated carbocycles. The van der Waals surface area contributed by atoms with Gasteiger partial charge in [-0.3, -0.25) is 14.4 Å². The van der Waals surface area contributed by atoms with Crippen LogP contribution in [-0.2, 0) is 22.6 Å². The number of hydrogen-bond donors (Lipinski definition) is 1. The van der Waals surface area contributed by atoms with Crippen LogP contribution in [-0.4, -0.2) is 44.7 Å². The van der Waals surface area contributed by atoms with Crippen molar-refractivity contribution < 1.29 is 9.59 Å². The van der Waals surface area contributed by atoms with Crippen molar-refractivity contribution in [2.75, 3.05) is 13.1 Å². The van der Waals surface area contributed by atoms with E-state index in [1.807, 2.05) is 47.1 Å². The van der Waals surface area contributed by atoms with Crippen molar-refractivity contribution in [3.05, 3.63) is 63.3 Å². The summed E-state index contributed by atoms with van der Waals surface area (Å²) in [5.74, 6) is 0.705. The van der Waals surface area contributed by atoms with E-state index in [0.29, 0.717) is 43.1 Å². The summed E-state index contributed by atoms with van der Waals surface area (Å²) in [5.41, 5.74) is 2.23. The second kappa shape index (κ2) is 8.52. The highest BCUT2D eigenvalue weighted by Gasteiger charge is 2.37. The van der Waals surface area contributed by atoms with Gasteiger partial charge >= 0.3 is 0 Å². The minimum absolute atomic E-state index is 0.0619. The number of hydrogen-bond acceptors (Lipinski definition) is 4. The summed E-state index contributed by atoms with van der Waals surface area (Å²) in [7, 11) is 0. The Labute approximate surface area is 187 Å². The van der Waals surface area contributed by atoms with Crippen LogP contribution < -0.4 is 5.56 Å². The molecule has 5 rings (SSSR count). The molecule has 168 valence electrons. The van der Waals surface area contributed by atoms with E-state index in [2.05, 4.69) is 4.98 Å². The molecule has 2 atom stereocenters. The molecule has 3 heterocycles. The zero-order valence-corrected chi connectivity index (χ0v) is 18.5. The fraction of sp³-hybridized carbons (Fsp3) is 0.520. The molecule has 1 aromatic carbocycles. The van der Waals surface area contributed by atoms with E-state index in [0.717, 1.165) is 37.7 Å². The van der Waals surface area contributed by atoms with E-state index in [4.69, 9.17) is 4.98 Å². The Morgan fingerprint density at radius 3 is 2.62 bits per heavy atom. The second-order valence-corrected chi connectivity index (χ2v) is 9.34. The number of likely N-dealkylation sites (tertiary alicyclic amines) is 1. The van der Waals surface area contributed by atoms with Gasteiger partial charge in [0, 0.05) is 24.6 Å². The van der Waals surface area contributed by atoms with Crippen LogP contribution in [0.3, 0.4) is 0 Å². The van der Waals surface area contributed by atoms with E-state index >= 15 is 0 Å². The minimum Gasteiger partial charge on any atom is -0.336 e. The molecule has 2 aromatic rings. The lowest BCUT2D eigenvalue weighted by atomic mass is 9.95. The third-order valence-electron chi connectivity index (χ3n) is 7.10. The molecule has 1 aliphatic carbocycles. The van der Waals surface area contributed by atoms with E-state index in [-0.39, 0.29) is 35.3 Å². The topological polar surface area (TPSA) is 86.4 Å². The van der Waals surface area contributed by atoms with Crippen molar-refractivity contribution in [1.82, 2.24) is 19.8 Å². The van der Waals surface area contributed by atoms with Gasteiger partial charge < -0.3 is 14.8 Å². The number of amides is 2. The highest BCUT2D eigenvalue weighted by molar-refractivity contribution is 5.84. The lowest BCUT2D eigenvalue weighted by molar-refractivity contribution is -0.136. The fourth-order valence-electron chi connectivity index (χ4n) is 5.01. The third-order valence-corrected chi connectivity index (χ3v) is 7.10. The normalized spacial score (nSPS) is 21.7. The van der Waals surface area contributed by atoms with E-state index < -0.39 is 0 Å². The number of carbonyl (C=O) groups excluding carboxylic acids is 2. The fourth-order valence-corrected chi connectivity index (χ4v) is 5.01. The third kappa shape index (κ3) is 3.96. The number of nitrogens with zero attached hydrogens (tertiary/aromatic N) is 3. The zero-order chi connectivity index (χ0) is 22.2. The van der Waals surface area contributed by atoms with Crippen LogP contribution >= 0.6 is 0 Å². The Morgan fingerprint density at radius 1 is 1.09 bits per heavy atom. The number of aromatic nitrogens is 2. The first-order valence-corrected chi connectivity index (χ1v) is 11.8. The molecule has 0 radical (unpaired) electrons. The molecule has 7 nitrogen and oxygen atoms in total. The van der Waals surface area contributed by atoms with E-state index in [1.165, 1.54) is 0 Å². The average molecular weight is 435 g/mol. The molecular weight excluding hydrogens is 404 g/mol. The average Bonchev–Trinajstić information content (AvgIpc) is 3.68. The molecule has 1 aromatic heterocycles. The first-order valence-electron chi connectivity index (χ1n) is 11.8. The Balaban J connectivity index is 1.42. The van der Waals surface area contributed by atoms with Crippen LogP contribution in [0.2, 0.25) is 0 Å². The van der Waals surface area contributed by atoms with Gasteiger partial charge in [-0.15, -0.1) is 0 Å². The van der Waals surface area contributed by atoms with Crippen LogP contribution in [0.5, 0.6) is 0 Å². The number of carbonyl (C=O) groups is 2. The van der Waals surface area contributed by atoms with Crippen molar-refractivity contribution in [2.24, 2.45) is 5.92 Å². The highest BCUT2D eigenvalue weighted by atomic mass is 16.2. The summed E-state index contributed by atoms with van der Waals surface area (Å²) in [5, 5.41) is 0. The summed E-state index contributed by atoms with van der Waals surface area (Å²) in [6.07, 6.45) is 5.18. The van der Waals surface area contributed by atoms with Crippen molar-refractivity contribution in [3.63, 3.8) is 0 Å². The van der Waals surface area contributed by atoms with Crippen LogP contribution in [0.1, 0.15) is 73.6 Å². The maximum absolute atomic E-state index is 13.4. The molecule has 0 unspecified atom stereocenters. The second-order valence-electron chi connectivity index (χ2n) is 9.34. The molecule has 2 aliphatic heterocycles. The number of rotatable bonds is 4. The SMILES string of the molecule is C[C@@H](C(=O)N1CCCC[C@H]1c1nc2c(c(=O)[nH]1)CCN(C(=O)C1CC1)C2)c1ccccc1. The first kappa shape index (κ1) is 20.9. The lowest BCUT2D eigenvalue weighted by Gasteiger charge is -2.37. The van der Waals surface area contributed by atoms with Gasteiger partial charge in [0.25, 0.3) is 5.56 Å². The van der Waals surface area contributed by atoms with Gasteiger partial charge in [-0.1, -0.05) is 30.3 Å². The summed E-state index contributed by atoms with van der Waals surface area (Å²) in [4.78, 5) is 50.4. The van der Waals surface area contributed by atoms with Gasteiger partial charge in [0.2, 0.25) is 11.8 Å². The molecule has 1 saturated heterocycles. The number of nitrogens with one attached hydrogen (secondary N) is 1. The molecule has 3 aliphatic rings. The van der Waals surface area contributed by atoms with Crippen molar-refractivity contribution >= 4 is 11.8 Å². The summed E-state index contributed by atoms with van der Waals surface area (Å²) in [6, 6.07) is 9.56. The molecule has 2 amide bonds. The van der Waals surface area contributed by atoms with Gasteiger partial charge in [-0.05, 0) is 51.0 Å². The number of fused-ring (bicyclic) bond motifs is 1. The summed E-state index contributed by atoms with van der Waals surface area (Å²) < 4.78 is 0. The van der Waals surface area contributed by atoms with Crippen molar-refractivity contribution in [2.45, 2.75) is 64.0 Å². The monoisotopic (exact) mass is 434 g/mol. The number of H-pyrrole nitrogens is 1. The maximum atomic E-state index is 13.4. The van der Waals surface area contributed by atoms with Crippen LogP contribution in [0.15, 0.2) is 35.1 Å². The molecule has 7 heteroatoms. The number of benzene rings is 1. The molecular formula is C25H30N4O3. The highest BCUT2D eigenvalue weighted by Crippen LogP contribution is 2.34. The smallest absolute Gasteiger partial charge is 0.254 e. The predicted molar refractivity (Wildman–Crippen MR) is 120 cm³/mol. The molecule has 1 N–H and O–H groups in total. The molecule has 0 spiro atoms. The predicted octanol–water partition coefficient (Wildman–Crippen LogP) is 2.92. The maximum Gasteiger partial charge on any atom is 0.254 e. The van der Waals surface area contributed by atoms with Crippen LogP contribution in [0, 0.1) is 5.92 Å².